The Morgan fingerprint density at radius 1 is 1.15 bits per heavy atom. The molecule has 0 saturated carbocycles. The highest BCUT2D eigenvalue weighted by Gasteiger charge is 2.34. The van der Waals surface area contributed by atoms with Crippen molar-refractivity contribution in [2.45, 2.75) is 11.4 Å². The Bertz CT molecular complexity index is 1460. The highest BCUT2D eigenvalue weighted by atomic mass is 79.9. The van der Waals surface area contributed by atoms with Crippen molar-refractivity contribution in [3.63, 3.8) is 0 Å². The number of nitro groups is 1. The van der Waals surface area contributed by atoms with Crippen LogP contribution < -0.4 is 4.90 Å². The quantitative estimate of drug-likeness (QED) is 0.111. The SMILES string of the molecule is C#Cc1cc([N+](=O)[O-])cc(S(=O)(=O)N2CCN(Cc3cccc(Cl)c3)CC2)c1N(CCBr)CCOS(C)(=O)=O. The van der Waals surface area contributed by atoms with Crippen LogP contribution in [0, 0.1) is 22.5 Å². The molecule has 2 aromatic rings. The Morgan fingerprint density at radius 2 is 1.85 bits per heavy atom. The van der Waals surface area contributed by atoms with E-state index in [1.54, 1.807) is 11.0 Å². The summed E-state index contributed by atoms with van der Waals surface area (Å²) in [5.41, 5.74) is 0.625. The molecule has 0 aliphatic carbocycles. The molecule has 212 valence electrons. The molecule has 0 unspecified atom stereocenters. The van der Waals surface area contributed by atoms with Gasteiger partial charge >= 0.3 is 0 Å². The van der Waals surface area contributed by atoms with Crippen LogP contribution in [0.15, 0.2) is 41.3 Å². The molecule has 1 aliphatic heterocycles. The first-order chi connectivity index (χ1) is 18.4. The van der Waals surface area contributed by atoms with Crippen LogP contribution in [0.5, 0.6) is 0 Å². The molecule has 39 heavy (non-hydrogen) atoms. The summed E-state index contributed by atoms with van der Waals surface area (Å²) in [6, 6.07) is 9.57. The number of nitro benzene ring substituents is 1. The highest BCUT2D eigenvalue weighted by molar-refractivity contribution is 9.09. The number of non-ortho nitro benzene ring substituents is 1. The van der Waals surface area contributed by atoms with Gasteiger partial charge in [-0.1, -0.05) is 45.6 Å². The molecule has 2 aromatic carbocycles. The number of nitrogens with zero attached hydrogens (tertiary/aromatic N) is 4. The molecule has 15 heteroatoms. The molecule has 1 fully saturated rings. The van der Waals surface area contributed by atoms with Crippen molar-refractivity contribution in [1.29, 1.82) is 0 Å². The van der Waals surface area contributed by atoms with Crippen molar-refractivity contribution < 1.29 is 25.9 Å². The normalized spacial score (nSPS) is 15.1. The second kappa shape index (κ2) is 13.4. The van der Waals surface area contributed by atoms with Crippen molar-refractivity contribution in [3.8, 4) is 12.3 Å². The molecule has 0 N–H and O–H groups in total. The van der Waals surface area contributed by atoms with Gasteiger partial charge in [-0.25, -0.2) is 8.42 Å². The molecule has 1 saturated heterocycles. The standard InChI is InChI=1S/C24H28BrClN4O7S2/c1-3-20-16-22(30(31)32)17-23(24(20)28(8-7-25)13-14-37-38(2,33)34)39(35,36)29-11-9-27(10-12-29)18-19-5-4-6-21(26)15-19/h1,4-6,15-17H,7-14,18H2,2H3. The van der Waals surface area contributed by atoms with Crippen molar-refractivity contribution in [3.05, 3.63) is 62.7 Å². The number of anilines is 1. The molecule has 1 aliphatic rings. The van der Waals surface area contributed by atoms with Crippen molar-refractivity contribution in [2.24, 2.45) is 0 Å². The Kier molecular flexibility index (Phi) is 10.8. The number of rotatable bonds is 12. The zero-order valence-electron chi connectivity index (χ0n) is 21.1. The van der Waals surface area contributed by atoms with Gasteiger partial charge in [0, 0.05) is 68.3 Å². The average molecular weight is 664 g/mol. The Balaban J connectivity index is 1.95. The molecule has 0 bridgehead atoms. The van der Waals surface area contributed by atoms with E-state index in [0.29, 0.717) is 30.0 Å². The zero-order chi connectivity index (χ0) is 28.8. The van der Waals surface area contributed by atoms with E-state index < -0.39 is 30.8 Å². The van der Waals surface area contributed by atoms with E-state index >= 15 is 0 Å². The summed E-state index contributed by atoms with van der Waals surface area (Å²) in [6.07, 6.45) is 6.59. The van der Waals surface area contributed by atoms with Gasteiger partial charge in [0.25, 0.3) is 15.8 Å². The van der Waals surface area contributed by atoms with Crippen molar-refractivity contribution in [1.82, 2.24) is 9.21 Å². The summed E-state index contributed by atoms with van der Waals surface area (Å²) in [7, 11) is -7.97. The van der Waals surface area contributed by atoms with Gasteiger partial charge in [0.1, 0.15) is 4.90 Å². The number of hydrogen-bond donors (Lipinski definition) is 0. The lowest BCUT2D eigenvalue weighted by Crippen LogP contribution is -2.48. The van der Waals surface area contributed by atoms with Gasteiger partial charge in [0.15, 0.2) is 0 Å². The molecule has 3 rings (SSSR count). The second-order valence-electron chi connectivity index (χ2n) is 8.75. The fourth-order valence-corrected chi connectivity index (χ4v) is 6.92. The van der Waals surface area contributed by atoms with Crippen LogP contribution in [0.3, 0.4) is 0 Å². The van der Waals surface area contributed by atoms with Crippen LogP contribution >= 0.6 is 27.5 Å². The number of alkyl halides is 1. The third-order valence-corrected chi connectivity index (χ3v) is 9.10. The maximum Gasteiger partial charge on any atom is 0.272 e. The van der Waals surface area contributed by atoms with Crippen LogP contribution in [-0.4, -0.2) is 88.4 Å². The first-order valence-corrected chi connectivity index (χ1v) is 16.5. The summed E-state index contributed by atoms with van der Waals surface area (Å²) in [5, 5.41) is 12.7. The predicted octanol–water partition coefficient (Wildman–Crippen LogP) is 2.91. The van der Waals surface area contributed by atoms with E-state index in [4.69, 9.17) is 22.2 Å². The highest BCUT2D eigenvalue weighted by Crippen LogP contribution is 2.36. The van der Waals surface area contributed by atoms with Crippen LogP contribution in [-0.2, 0) is 30.9 Å². The predicted molar refractivity (Wildman–Crippen MR) is 153 cm³/mol. The summed E-state index contributed by atoms with van der Waals surface area (Å²) in [6.45, 7) is 1.72. The number of sulfonamides is 1. The average Bonchev–Trinajstić information content (AvgIpc) is 2.87. The van der Waals surface area contributed by atoms with E-state index in [-0.39, 0.29) is 48.9 Å². The Morgan fingerprint density at radius 3 is 2.41 bits per heavy atom. The zero-order valence-corrected chi connectivity index (χ0v) is 25.1. The molecule has 0 aromatic heterocycles. The van der Waals surface area contributed by atoms with Crippen LogP contribution in [0.4, 0.5) is 11.4 Å². The van der Waals surface area contributed by atoms with Gasteiger partial charge in [-0.2, -0.15) is 12.7 Å². The topological polar surface area (TPSA) is 130 Å². The summed E-state index contributed by atoms with van der Waals surface area (Å²) in [4.78, 5) is 14.3. The largest absolute Gasteiger partial charge is 0.366 e. The van der Waals surface area contributed by atoms with Gasteiger partial charge < -0.3 is 4.90 Å². The fourth-order valence-electron chi connectivity index (χ4n) is 4.23. The van der Waals surface area contributed by atoms with Crippen molar-refractivity contribution in [2.75, 3.05) is 62.4 Å². The van der Waals surface area contributed by atoms with Gasteiger partial charge in [-0.3, -0.25) is 19.2 Å². The number of benzene rings is 2. The van der Waals surface area contributed by atoms with E-state index in [2.05, 4.69) is 26.8 Å². The first kappa shape index (κ1) is 31.3. The van der Waals surface area contributed by atoms with Gasteiger partial charge in [0.05, 0.1) is 29.0 Å². The molecule has 0 spiro atoms. The molecule has 0 radical (unpaired) electrons. The van der Waals surface area contributed by atoms with E-state index in [9.17, 15) is 26.9 Å². The summed E-state index contributed by atoms with van der Waals surface area (Å²) < 4.78 is 56.9. The minimum Gasteiger partial charge on any atom is -0.366 e. The maximum atomic E-state index is 13.9. The molecule has 11 nitrogen and oxygen atoms in total. The summed E-state index contributed by atoms with van der Waals surface area (Å²) in [5.74, 6) is 2.37. The minimum atomic E-state index is -4.23. The first-order valence-electron chi connectivity index (χ1n) is 11.8. The Labute approximate surface area is 242 Å². The lowest BCUT2D eigenvalue weighted by Gasteiger charge is -2.35. The minimum absolute atomic E-state index is 0.00247. The molecule has 0 amide bonds. The van der Waals surface area contributed by atoms with E-state index in [0.717, 1.165) is 24.0 Å². The molecule has 0 atom stereocenters. The third kappa shape index (κ3) is 8.37. The molecular weight excluding hydrogens is 636 g/mol. The third-order valence-electron chi connectivity index (χ3n) is 6.00. The fraction of sp³-hybridized carbons (Fsp3) is 0.417. The number of halogens is 2. The maximum absolute atomic E-state index is 13.9. The van der Waals surface area contributed by atoms with E-state index in [1.807, 2.05) is 18.2 Å². The second-order valence-corrected chi connectivity index (χ2v) is 13.5. The van der Waals surface area contributed by atoms with Crippen LogP contribution in [0.2, 0.25) is 5.02 Å². The molecular formula is C24H28BrClN4O7S2. The smallest absolute Gasteiger partial charge is 0.272 e. The van der Waals surface area contributed by atoms with E-state index in [1.165, 1.54) is 4.31 Å². The van der Waals surface area contributed by atoms with Gasteiger partial charge in [-0.05, 0) is 17.7 Å². The monoisotopic (exact) mass is 662 g/mol. The lowest BCUT2D eigenvalue weighted by atomic mass is 10.1. The van der Waals surface area contributed by atoms with Crippen LogP contribution in [0.1, 0.15) is 11.1 Å². The van der Waals surface area contributed by atoms with Gasteiger partial charge in [-0.15, -0.1) is 6.42 Å². The number of terminal acetylenes is 1. The van der Waals surface area contributed by atoms with Crippen LogP contribution in [0.25, 0.3) is 0 Å². The van der Waals surface area contributed by atoms with Gasteiger partial charge in [0.2, 0.25) is 10.0 Å². The number of piperazine rings is 1. The lowest BCUT2D eigenvalue weighted by molar-refractivity contribution is -0.385. The molecule has 1 heterocycles. The summed E-state index contributed by atoms with van der Waals surface area (Å²) >= 11 is 9.40. The number of hydrogen-bond acceptors (Lipinski definition) is 9. The Hall–Kier alpha value is -2.25. The van der Waals surface area contributed by atoms with Crippen molar-refractivity contribution >= 4 is 59.0 Å².